The fourth-order valence-corrected chi connectivity index (χ4v) is 2.57. The standard InChI is InChI=1S/C15H12BrClN2/c1-10(12-4-2-11(9-18)3-5-12)19-15-7-6-13(17)8-14(15)16/h2-8,10,19H,1H3. The van der Waals surface area contributed by atoms with Crippen LogP contribution in [0.15, 0.2) is 46.9 Å². The fourth-order valence-electron chi connectivity index (χ4n) is 1.77. The molecule has 0 bridgehead atoms. The lowest BCUT2D eigenvalue weighted by atomic mass is 10.1. The smallest absolute Gasteiger partial charge is 0.0991 e. The predicted molar refractivity (Wildman–Crippen MR) is 82.3 cm³/mol. The molecule has 2 aromatic carbocycles. The van der Waals surface area contributed by atoms with E-state index in [9.17, 15) is 0 Å². The van der Waals surface area contributed by atoms with Crippen LogP contribution in [-0.4, -0.2) is 0 Å². The third kappa shape index (κ3) is 3.50. The van der Waals surface area contributed by atoms with E-state index in [2.05, 4.69) is 34.2 Å². The van der Waals surface area contributed by atoms with Crippen LogP contribution in [0.5, 0.6) is 0 Å². The fraction of sp³-hybridized carbons (Fsp3) is 0.133. The summed E-state index contributed by atoms with van der Waals surface area (Å²) in [4.78, 5) is 0. The minimum atomic E-state index is 0.144. The number of benzene rings is 2. The zero-order valence-corrected chi connectivity index (χ0v) is 12.7. The van der Waals surface area contributed by atoms with Crippen LogP contribution in [0.4, 0.5) is 5.69 Å². The zero-order chi connectivity index (χ0) is 13.8. The van der Waals surface area contributed by atoms with Crippen molar-refractivity contribution in [1.82, 2.24) is 0 Å². The molecule has 2 aromatic rings. The van der Waals surface area contributed by atoms with Crippen molar-refractivity contribution in [3.8, 4) is 6.07 Å². The van der Waals surface area contributed by atoms with Gasteiger partial charge in [-0.25, -0.2) is 0 Å². The second-order valence-electron chi connectivity index (χ2n) is 4.22. The van der Waals surface area contributed by atoms with E-state index in [0.29, 0.717) is 10.6 Å². The van der Waals surface area contributed by atoms with E-state index in [1.807, 2.05) is 42.5 Å². The SMILES string of the molecule is CC(Nc1ccc(Cl)cc1Br)c1ccc(C#N)cc1. The van der Waals surface area contributed by atoms with Gasteiger partial charge in [0, 0.05) is 21.2 Å². The number of rotatable bonds is 3. The quantitative estimate of drug-likeness (QED) is 0.842. The van der Waals surface area contributed by atoms with Crippen molar-refractivity contribution in [1.29, 1.82) is 5.26 Å². The monoisotopic (exact) mass is 334 g/mol. The van der Waals surface area contributed by atoms with Crippen molar-refractivity contribution in [2.45, 2.75) is 13.0 Å². The molecule has 0 spiro atoms. The van der Waals surface area contributed by atoms with E-state index in [1.54, 1.807) is 0 Å². The molecule has 0 aliphatic heterocycles. The molecule has 0 aliphatic carbocycles. The second kappa shape index (κ2) is 6.10. The summed E-state index contributed by atoms with van der Waals surface area (Å²) in [5.74, 6) is 0. The van der Waals surface area contributed by atoms with Gasteiger partial charge in [-0.15, -0.1) is 0 Å². The summed E-state index contributed by atoms with van der Waals surface area (Å²) in [6.45, 7) is 2.07. The minimum Gasteiger partial charge on any atom is -0.378 e. The van der Waals surface area contributed by atoms with Gasteiger partial charge in [-0.1, -0.05) is 23.7 Å². The van der Waals surface area contributed by atoms with E-state index < -0.39 is 0 Å². The molecule has 0 radical (unpaired) electrons. The van der Waals surface area contributed by atoms with Crippen molar-refractivity contribution in [3.05, 3.63) is 63.1 Å². The Morgan fingerprint density at radius 3 is 2.47 bits per heavy atom. The van der Waals surface area contributed by atoms with Gasteiger partial charge in [0.2, 0.25) is 0 Å². The first-order valence-electron chi connectivity index (χ1n) is 5.82. The summed E-state index contributed by atoms with van der Waals surface area (Å²) in [5, 5.41) is 12.9. The molecule has 0 saturated heterocycles. The molecule has 1 unspecified atom stereocenters. The van der Waals surface area contributed by atoms with E-state index in [4.69, 9.17) is 16.9 Å². The lowest BCUT2D eigenvalue weighted by Gasteiger charge is -2.17. The summed E-state index contributed by atoms with van der Waals surface area (Å²) in [7, 11) is 0. The summed E-state index contributed by atoms with van der Waals surface area (Å²) in [6.07, 6.45) is 0. The third-order valence-electron chi connectivity index (χ3n) is 2.84. The van der Waals surface area contributed by atoms with Crippen LogP contribution < -0.4 is 5.32 Å². The number of nitrogens with zero attached hydrogens (tertiary/aromatic N) is 1. The van der Waals surface area contributed by atoms with Crippen LogP contribution in [0.1, 0.15) is 24.1 Å². The Morgan fingerprint density at radius 1 is 1.21 bits per heavy atom. The average molecular weight is 336 g/mol. The molecule has 0 aliphatic rings. The maximum absolute atomic E-state index is 8.78. The molecular weight excluding hydrogens is 324 g/mol. The molecule has 0 amide bonds. The van der Waals surface area contributed by atoms with Gasteiger partial charge in [0.25, 0.3) is 0 Å². The first kappa shape index (κ1) is 13.9. The van der Waals surface area contributed by atoms with Crippen molar-refractivity contribution in [3.63, 3.8) is 0 Å². The Kier molecular flexibility index (Phi) is 4.47. The lowest BCUT2D eigenvalue weighted by Crippen LogP contribution is -2.06. The highest BCUT2D eigenvalue weighted by Crippen LogP contribution is 2.29. The summed E-state index contributed by atoms with van der Waals surface area (Å²) in [6, 6.07) is 15.5. The minimum absolute atomic E-state index is 0.144. The van der Waals surface area contributed by atoms with Crippen LogP contribution in [0.3, 0.4) is 0 Å². The molecule has 19 heavy (non-hydrogen) atoms. The van der Waals surface area contributed by atoms with E-state index in [1.165, 1.54) is 0 Å². The summed E-state index contributed by atoms with van der Waals surface area (Å²) < 4.78 is 0.931. The van der Waals surface area contributed by atoms with Crippen molar-refractivity contribution >= 4 is 33.2 Å². The maximum Gasteiger partial charge on any atom is 0.0991 e. The van der Waals surface area contributed by atoms with Crippen molar-refractivity contribution < 1.29 is 0 Å². The van der Waals surface area contributed by atoms with Crippen LogP contribution in [0.25, 0.3) is 0 Å². The van der Waals surface area contributed by atoms with Crippen LogP contribution in [0, 0.1) is 11.3 Å². The predicted octanol–water partition coefficient (Wildman–Crippen LogP) is 5.15. The highest BCUT2D eigenvalue weighted by atomic mass is 79.9. The van der Waals surface area contributed by atoms with Crippen LogP contribution >= 0.6 is 27.5 Å². The van der Waals surface area contributed by atoms with Crippen LogP contribution in [-0.2, 0) is 0 Å². The largest absolute Gasteiger partial charge is 0.378 e. The molecule has 4 heteroatoms. The Balaban J connectivity index is 2.16. The molecule has 0 heterocycles. The number of nitrogens with one attached hydrogen (secondary N) is 1. The van der Waals surface area contributed by atoms with Crippen molar-refractivity contribution in [2.75, 3.05) is 5.32 Å². The lowest BCUT2D eigenvalue weighted by molar-refractivity contribution is 0.883. The Morgan fingerprint density at radius 2 is 1.89 bits per heavy atom. The van der Waals surface area contributed by atoms with Gasteiger partial charge in [-0.05, 0) is 58.7 Å². The van der Waals surface area contributed by atoms with Gasteiger partial charge in [0.05, 0.1) is 11.6 Å². The van der Waals surface area contributed by atoms with Gasteiger partial charge < -0.3 is 5.32 Å². The van der Waals surface area contributed by atoms with E-state index in [0.717, 1.165) is 15.7 Å². The number of hydrogen-bond donors (Lipinski definition) is 1. The van der Waals surface area contributed by atoms with Gasteiger partial charge >= 0.3 is 0 Å². The molecule has 1 atom stereocenters. The number of nitriles is 1. The number of anilines is 1. The highest BCUT2D eigenvalue weighted by molar-refractivity contribution is 9.10. The molecule has 2 rings (SSSR count). The molecule has 0 saturated carbocycles. The third-order valence-corrected chi connectivity index (χ3v) is 3.73. The van der Waals surface area contributed by atoms with Gasteiger partial charge in [-0.2, -0.15) is 5.26 Å². The Labute approximate surface area is 126 Å². The number of halogens is 2. The molecule has 0 fully saturated rings. The highest BCUT2D eigenvalue weighted by Gasteiger charge is 2.07. The zero-order valence-electron chi connectivity index (χ0n) is 10.3. The van der Waals surface area contributed by atoms with Gasteiger partial charge in [0.1, 0.15) is 0 Å². The molecule has 0 aromatic heterocycles. The van der Waals surface area contributed by atoms with E-state index in [-0.39, 0.29) is 6.04 Å². The summed E-state index contributed by atoms with van der Waals surface area (Å²) >= 11 is 9.40. The number of hydrogen-bond acceptors (Lipinski definition) is 2. The average Bonchev–Trinajstić information content (AvgIpc) is 2.42. The van der Waals surface area contributed by atoms with Crippen molar-refractivity contribution in [2.24, 2.45) is 0 Å². The molecular formula is C15H12BrClN2. The topological polar surface area (TPSA) is 35.8 Å². The van der Waals surface area contributed by atoms with E-state index >= 15 is 0 Å². The second-order valence-corrected chi connectivity index (χ2v) is 5.51. The van der Waals surface area contributed by atoms with Crippen LogP contribution in [0.2, 0.25) is 5.02 Å². The first-order chi connectivity index (χ1) is 9.10. The molecule has 1 N–H and O–H groups in total. The first-order valence-corrected chi connectivity index (χ1v) is 6.99. The Hall–Kier alpha value is -1.50. The maximum atomic E-state index is 8.78. The van der Waals surface area contributed by atoms with Gasteiger partial charge in [0.15, 0.2) is 0 Å². The van der Waals surface area contributed by atoms with Gasteiger partial charge in [-0.3, -0.25) is 0 Å². The molecule has 96 valence electrons. The summed E-state index contributed by atoms with van der Waals surface area (Å²) in [5.41, 5.74) is 2.78. The normalized spacial score (nSPS) is 11.7. The molecule has 2 nitrogen and oxygen atoms in total. The Bertz CT molecular complexity index is 617.